The Kier molecular flexibility index (Phi) is 8.74. The smallest absolute Gasteiger partial charge is 0.264 e. The molecule has 0 amide bonds. The molecule has 0 saturated carbocycles. The summed E-state index contributed by atoms with van der Waals surface area (Å²) >= 11 is 0. The summed E-state index contributed by atoms with van der Waals surface area (Å²) in [5.74, 6) is -1.01. The third-order valence-electron chi connectivity index (χ3n) is 2.40. The third-order valence-corrected chi connectivity index (χ3v) is 4.01. The minimum atomic E-state index is -4.10. The fraction of sp³-hybridized carbons (Fsp3) is 0.800. The van der Waals surface area contributed by atoms with Crippen LogP contribution in [-0.2, 0) is 20.2 Å². The average molecular weight is 352 g/mol. The molecule has 0 heterocycles. The van der Waals surface area contributed by atoms with Crippen molar-refractivity contribution < 1.29 is 25.9 Å². The van der Waals surface area contributed by atoms with E-state index in [0.29, 0.717) is 0 Å². The highest BCUT2D eigenvalue weighted by Crippen LogP contribution is 2.08. The highest BCUT2D eigenvalue weighted by molar-refractivity contribution is 7.86. The SMILES string of the molecule is N#CC(CCCS(=O)(=O)O)N=NC(C#N)CCCS(=O)(=O)O. The normalized spacial score (nSPS) is 15.1. The Morgan fingerprint density at radius 1 is 0.818 bits per heavy atom. The van der Waals surface area contributed by atoms with Gasteiger partial charge in [-0.3, -0.25) is 9.11 Å². The lowest BCUT2D eigenvalue weighted by Gasteiger charge is -2.04. The Labute approximate surface area is 129 Å². The Balaban J connectivity index is 4.37. The molecule has 0 fully saturated rings. The average Bonchev–Trinajstić information content (AvgIpc) is 2.37. The van der Waals surface area contributed by atoms with E-state index < -0.39 is 43.8 Å². The van der Waals surface area contributed by atoms with E-state index in [9.17, 15) is 16.8 Å². The van der Waals surface area contributed by atoms with E-state index in [1.807, 2.05) is 0 Å². The molecule has 2 atom stereocenters. The van der Waals surface area contributed by atoms with Crippen molar-refractivity contribution in [1.29, 1.82) is 10.5 Å². The molecule has 124 valence electrons. The summed E-state index contributed by atoms with van der Waals surface area (Å²) < 4.78 is 59.2. The monoisotopic (exact) mass is 352 g/mol. The molecule has 22 heavy (non-hydrogen) atoms. The van der Waals surface area contributed by atoms with Gasteiger partial charge in [0.05, 0.1) is 23.6 Å². The summed E-state index contributed by atoms with van der Waals surface area (Å²) in [4.78, 5) is 0. The van der Waals surface area contributed by atoms with Crippen LogP contribution in [-0.4, -0.2) is 49.5 Å². The molecule has 0 aliphatic rings. The van der Waals surface area contributed by atoms with Crippen LogP contribution < -0.4 is 0 Å². The summed E-state index contributed by atoms with van der Waals surface area (Å²) in [6.07, 6.45) is 0.109. The number of nitriles is 2. The fourth-order valence-electron chi connectivity index (χ4n) is 1.38. The number of azo groups is 1. The Hall–Kier alpha value is -1.60. The standard InChI is InChI=1S/C10H16N4O6S2/c11-7-9(3-1-5-21(15,16)17)13-14-10(8-12)4-2-6-22(18,19)20/h9-10H,1-6H2,(H,15,16,17)(H,18,19,20). The lowest BCUT2D eigenvalue weighted by atomic mass is 10.2. The van der Waals surface area contributed by atoms with E-state index in [2.05, 4.69) is 10.2 Å². The van der Waals surface area contributed by atoms with Crippen molar-refractivity contribution in [2.75, 3.05) is 11.5 Å². The van der Waals surface area contributed by atoms with E-state index in [-0.39, 0.29) is 25.7 Å². The van der Waals surface area contributed by atoms with Crippen LogP contribution in [0.4, 0.5) is 0 Å². The van der Waals surface area contributed by atoms with Gasteiger partial charge < -0.3 is 0 Å². The van der Waals surface area contributed by atoms with E-state index in [1.165, 1.54) is 0 Å². The molecule has 0 aliphatic carbocycles. The predicted octanol–water partition coefficient (Wildman–Crippen LogP) is 0.559. The lowest BCUT2D eigenvalue weighted by molar-refractivity contribution is 0.475. The van der Waals surface area contributed by atoms with Gasteiger partial charge in [0.15, 0.2) is 12.1 Å². The first-order chi connectivity index (χ1) is 10.1. The molecule has 0 rings (SSSR count). The topological polar surface area (TPSA) is 181 Å². The number of hydrogen-bond donors (Lipinski definition) is 2. The highest BCUT2D eigenvalue weighted by Gasteiger charge is 2.12. The number of rotatable bonds is 10. The van der Waals surface area contributed by atoms with E-state index in [0.717, 1.165) is 0 Å². The van der Waals surface area contributed by atoms with E-state index >= 15 is 0 Å². The van der Waals surface area contributed by atoms with Crippen molar-refractivity contribution in [2.45, 2.75) is 37.8 Å². The zero-order valence-electron chi connectivity index (χ0n) is 11.5. The first-order valence-corrected chi connectivity index (χ1v) is 9.38. The van der Waals surface area contributed by atoms with Crippen LogP contribution in [0.5, 0.6) is 0 Å². The zero-order chi connectivity index (χ0) is 17.2. The lowest BCUT2D eigenvalue weighted by Crippen LogP contribution is -2.10. The van der Waals surface area contributed by atoms with E-state index in [1.54, 1.807) is 12.1 Å². The molecule has 0 saturated heterocycles. The fourth-order valence-corrected chi connectivity index (χ4v) is 2.44. The van der Waals surface area contributed by atoms with Gasteiger partial charge in [-0.25, -0.2) is 0 Å². The molecule has 0 aromatic heterocycles. The van der Waals surface area contributed by atoms with Gasteiger partial charge in [-0.15, -0.1) is 0 Å². The first-order valence-electron chi connectivity index (χ1n) is 6.17. The minimum absolute atomic E-state index is 0.00998. The molecule has 0 radical (unpaired) electrons. The van der Waals surface area contributed by atoms with Crippen LogP contribution in [0.3, 0.4) is 0 Å². The van der Waals surface area contributed by atoms with Crippen LogP contribution in [0.2, 0.25) is 0 Å². The summed E-state index contributed by atoms with van der Waals surface area (Å²) in [7, 11) is -8.21. The second-order valence-corrected chi connectivity index (χ2v) is 7.52. The molecule has 10 nitrogen and oxygen atoms in total. The van der Waals surface area contributed by atoms with Gasteiger partial charge in [0.25, 0.3) is 20.2 Å². The second kappa shape index (κ2) is 9.42. The molecule has 0 bridgehead atoms. The van der Waals surface area contributed by atoms with Gasteiger partial charge in [0, 0.05) is 0 Å². The van der Waals surface area contributed by atoms with Crippen molar-refractivity contribution in [3.8, 4) is 12.1 Å². The molecule has 12 heteroatoms. The zero-order valence-corrected chi connectivity index (χ0v) is 13.2. The van der Waals surface area contributed by atoms with Gasteiger partial charge in [0.1, 0.15) is 0 Å². The van der Waals surface area contributed by atoms with Gasteiger partial charge in [-0.2, -0.15) is 37.6 Å². The van der Waals surface area contributed by atoms with Gasteiger partial charge in [-0.05, 0) is 25.7 Å². The summed E-state index contributed by atoms with van der Waals surface area (Å²) in [5.41, 5.74) is 0. The molecule has 2 unspecified atom stereocenters. The summed E-state index contributed by atoms with van der Waals surface area (Å²) in [5, 5.41) is 24.8. The van der Waals surface area contributed by atoms with Gasteiger partial charge in [0.2, 0.25) is 0 Å². The van der Waals surface area contributed by atoms with Crippen LogP contribution in [0.25, 0.3) is 0 Å². The summed E-state index contributed by atoms with van der Waals surface area (Å²) in [6.45, 7) is 0. The van der Waals surface area contributed by atoms with Crippen LogP contribution >= 0.6 is 0 Å². The molecular weight excluding hydrogens is 336 g/mol. The van der Waals surface area contributed by atoms with Gasteiger partial charge in [-0.1, -0.05) is 0 Å². The van der Waals surface area contributed by atoms with Gasteiger partial charge >= 0.3 is 0 Å². The third kappa shape index (κ3) is 12.2. The van der Waals surface area contributed by atoms with Crippen LogP contribution in [0.15, 0.2) is 10.2 Å². The second-order valence-electron chi connectivity index (χ2n) is 4.38. The Morgan fingerprint density at radius 3 is 1.36 bits per heavy atom. The number of nitrogens with zero attached hydrogens (tertiary/aromatic N) is 4. The molecule has 0 aromatic carbocycles. The van der Waals surface area contributed by atoms with Crippen LogP contribution in [0, 0.1) is 22.7 Å². The Morgan fingerprint density at radius 2 is 1.14 bits per heavy atom. The van der Waals surface area contributed by atoms with Crippen LogP contribution in [0.1, 0.15) is 25.7 Å². The minimum Gasteiger partial charge on any atom is -0.286 e. The van der Waals surface area contributed by atoms with Crippen molar-refractivity contribution in [2.24, 2.45) is 10.2 Å². The maximum atomic E-state index is 10.5. The summed E-state index contributed by atoms with van der Waals surface area (Å²) in [6, 6.07) is 1.61. The predicted molar refractivity (Wildman–Crippen MR) is 75.0 cm³/mol. The van der Waals surface area contributed by atoms with E-state index in [4.69, 9.17) is 19.6 Å². The van der Waals surface area contributed by atoms with Crippen molar-refractivity contribution in [3.63, 3.8) is 0 Å². The number of hydrogen-bond acceptors (Lipinski definition) is 8. The van der Waals surface area contributed by atoms with Crippen molar-refractivity contribution in [3.05, 3.63) is 0 Å². The first kappa shape index (κ1) is 20.4. The maximum absolute atomic E-state index is 10.5. The molecule has 2 N–H and O–H groups in total. The molecule has 0 aliphatic heterocycles. The van der Waals surface area contributed by atoms with Crippen molar-refractivity contribution >= 4 is 20.2 Å². The quantitative estimate of drug-likeness (QED) is 0.422. The molecule has 0 aromatic rings. The largest absolute Gasteiger partial charge is 0.286 e. The molecular formula is C10H16N4O6S2. The highest BCUT2D eigenvalue weighted by atomic mass is 32.2. The maximum Gasteiger partial charge on any atom is 0.264 e. The van der Waals surface area contributed by atoms with Crippen molar-refractivity contribution in [1.82, 2.24) is 0 Å². The molecule has 0 spiro atoms. The Bertz CT molecular complexity index is 601.